The standard InChI is InChI=1S/C35H58O10/c1-8-40-20-33(37)23(4)44-30(34(38,21-41-9-2)29(33)39-7)45-25-13-16-31(5)24(19-25)11-12-27-26(31)14-17-32(6)28(36)15-18-35(27,32)43-22-42-10-3/h15,18,23-27,29-30,37-38H,8-14,16-17,19-22H2,1-7H3/t23-,24?,25?,26-,27-,29+,30+,31+,32-,33-,34-,35-/m1/s1. The van der Waals surface area contributed by atoms with Gasteiger partial charge in [0.2, 0.25) is 0 Å². The largest absolute Gasteiger partial charge is 0.382 e. The van der Waals surface area contributed by atoms with E-state index in [2.05, 4.69) is 19.9 Å². The molecule has 1 heterocycles. The number of ether oxygens (including phenoxy) is 7. The predicted octanol–water partition coefficient (Wildman–Crippen LogP) is 4.19. The number of hydrogen-bond acceptors (Lipinski definition) is 10. The fourth-order valence-corrected chi connectivity index (χ4v) is 9.91. The van der Waals surface area contributed by atoms with Gasteiger partial charge in [0.15, 0.2) is 17.7 Å². The Balaban J connectivity index is 1.34. The summed E-state index contributed by atoms with van der Waals surface area (Å²) in [4.78, 5) is 13.2. The summed E-state index contributed by atoms with van der Waals surface area (Å²) in [6.45, 7) is 13.3. The molecule has 3 saturated carbocycles. The van der Waals surface area contributed by atoms with Crippen LogP contribution in [-0.2, 0) is 38.0 Å². The van der Waals surface area contributed by atoms with Crippen molar-refractivity contribution in [2.24, 2.45) is 28.6 Å². The fourth-order valence-electron chi connectivity index (χ4n) is 9.91. The first-order valence-corrected chi connectivity index (χ1v) is 17.3. The Morgan fingerprint density at radius 3 is 2.27 bits per heavy atom. The van der Waals surface area contributed by atoms with E-state index in [0.29, 0.717) is 31.7 Å². The van der Waals surface area contributed by atoms with E-state index in [1.54, 1.807) is 13.0 Å². The van der Waals surface area contributed by atoms with Gasteiger partial charge in [-0.05, 0) is 115 Å². The molecule has 5 rings (SSSR count). The minimum absolute atomic E-state index is 0.0493. The van der Waals surface area contributed by atoms with Crippen molar-refractivity contribution >= 4 is 5.78 Å². The van der Waals surface area contributed by atoms with Gasteiger partial charge in [-0.25, -0.2) is 0 Å². The van der Waals surface area contributed by atoms with E-state index in [1.165, 1.54) is 7.11 Å². The number of ketones is 1. The summed E-state index contributed by atoms with van der Waals surface area (Å²) < 4.78 is 42.3. The van der Waals surface area contributed by atoms with Gasteiger partial charge in [0, 0.05) is 26.9 Å². The Morgan fingerprint density at radius 1 is 0.911 bits per heavy atom. The Labute approximate surface area is 269 Å². The molecular weight excluding hydrogens is 580 g/mol. The van der Waals surface area contributed by atoms with Crippen LogP contribution < -0.4 is 0 Å². The van der Waals surface area contributed by atoms with Crippen molar-refractivity contribution in [3.63, 3.8) is 0 Å². The molecule has 45 heavy (non-hydrogen) atoms. The first-order chi connectivity index (χ1) is 21.4. The van der Waals surface area contributed by atoms with Gasteiger partial charge in [-0.2, -0.15) is 0 Å². The molecule has 0 spiro atoms. The summed E-state index contributed by atoms with van der Waals surface area (Å²) in [5.41, 5.74) is -4.47. The highest BCUT2D eigenvalue weighted by Crippen LogP contribution is 2.67. The Hall–Kier alpha value is -0.950. The lowest BCUT2D eigenvalue weighted by atomic mass is 9.44. The van der Waals surface area contributed by atoms with Gasteiger partial charge in [0.05, 0.1) is 30.8 Å². The summed E-state index contributed by atoms with van der Waals surface area (Å²) in [5, 5.41) is 23.8. The molecule has 1 saturated heterocycles. The van der Waals surface area contributed by atoms with Crippen LogP contribution in [0, 0.1) is 28.6 Å². The molecule has 0 aromatic rings. The van der Waals surface area contributed by atoms with E-state index < -0.39 is 40.7 Å². The number of allylic oxidation sites excluding steroid dienone is 1. The number of carbonyl (C=O) groups excluding carboxylic acids is 1. The van der Waals surface area contributed by atoms with Crippen LogP contribution >= 0.6 is 0 Å². The minimum Gasteiger partial charge on any atom is -0.382 e. The van der Waals surface area contributed by atoms with Crippen molar-refractivity contribution < 1.29 is 48.2 Å². The molecule has 1 aliphatic heterocycles. The molecule has 0 aromatic heterocycles. The molecule has 0 radical (unpaired) electrons. The second-order valence-corrected chi connectivity index (χ2v) is 14.6. The average Bonchev–Trinajstić information content (AvgIpc) is 3.28. The van der Waals surface area contributed by atoms with Crippen LogP contribution in [0.5, 0.6) is 0 Å². The number of carbonyl (C=O) groups is 1. The summed E-state index contributed by atoms with van der Waals surface area (Å²) in [6.07, 6.45) is 7.28. The van der Waals surface area contributed by atoms with E-state index in [9.17, 15) is 15.0 Å². The second kappa shape index (κ2) is 13.5. The van der Waals surface area contributed by atoms with Crippen molar-refractivity contribution in [3.05, 3.63) is 12.2 Å². The average molecular weight is 639 g/mol. The first kappa shape index (κ1) is 35.4. The van der Waals surface area contributed by atoms with Crippen molar-refractivity contribution in [1.82, 2.24) is 0 Å². The Bertz CT molecular complexity index is 1070. The minimum atomic E-state index is -1.75. The van der Waals surface area contributed by atoms with Gasteiger partial charge < -0.3 is 43.4 Å². The highest BCUT2D eigenvalue weighted by atomic mass is 16.7. The van der Waals surface area contributed by atoms with E-state index in [0.717, 1.165) is 44.9 Å². The maximum atomic E-state index is 13.2. The number of aliphatic hydroxyl groups is 2. The first-order valence-electron chi connectivity index (χ1n) is 17.3. The lowest BCUT2D eigenvalue weighted by Crippen LogP contribution is -2.75. The molecule has 0 amide bonds. The number of rotatable bonds is 13. The molecule has 2 unspecified atom stereocenters. The fraction of sp³-hybridized carbons (Fsp3) is 0.914. The lowest BCUT2D eigenvalue weighted by Gasteiger charge is -2.63. The van der Waals surface area contributed by atoms with Crippen LogP contribution in [0.3, 0.4) is 0 Å². The van der Waals surface area contributed by atoms with Crippen molar-refractivity contribution in [3.8, 4) is 0 Å². The molecule has 0 aromatic carbocycles. The molecule has 4 aliphatic carbocycles. The molecular formula is C35H58O10. The van der Waals surface area contributed by atoms with Crippen LogP contribution in [0.2, 0.25) is 0 Å². The molecule has 12 atom stereocenters. The van der Waals surface area contributed by atoms with Gasteiger partial charge in [-0.3, -0.25) is 4.79 Å². The molecule has 258 valence electrons. The van der Waals surface area contributed by atoms with Gasteiger partial charge in [0.25, 0.3) is 0 Å². The molecule has 4 fully saturated rings. The van der Waals surface area contributed by atoms with Gasteiger partial charge in [-0.15, -0.1) is 0 Å². The van der Waals surface area contributed by atoms with Gasteiger partial charge >= 0.3 is 0 Å². The summed E-state index contributed by atoms with van der Waals surface area (Å²) in [5.74, 6) is 1.24. The van der Waals surface area contributed by atoms with Gasteiger partial charge in [-0.1, -0.05) is 6.92 Å². The SMILES string of the molecule is CCOCO[C@@]12C=CC(=O)[C@@]1(C)CC[C@@H]1[C@H]2CCC2CC(O[C@@H]3O[C@H](C)[C@](O)(COCC)[C@H](OC)[C@]3(O)COCC)CC[C@@]21C. The summed E-state index contributed by atoms with van der Waals surface area (Å²) in [7, 11) is 1.48. The smallest absolute Gasteiger partial charge is 0.192 e. The van der Waals surface area contributed by atoms with Crippen molar-refractivity contribution in [1.29, 1.82) is 0 Å². The highest BCUT2D eigenvalue weighted by molar-refractivity contribution is 5.99. The normalized spacial score (nSPS) is 47.8. The third-order valence-corrected chi connectivity index (χ3v) is 12.6. The quantitative estimate of drug-likeness (QED) is 0.173. The van der Waals surface area contributed by atoms with Crippen LogP contribution in [0.1, 0.15) is 86.5 Å². The number of hydrogen-bond donors (Lipinski definition) is 2. The lowest BCUT2D eigenvalue weighted by molar-refractivity contribution is -0.386. The van der Waals surface area contributed by atoms with Crippen LogP contribution in [0.4, 0.5) is 0 Å². The maximum absolute atomic E-state index is 13.2. The Kier molecular flexibility index (Phi) is 10.6. The topological polar surface area (TPSA) is 122 Å². The monoisotopic (exact) mass is 638 g/mol. The Morgan fingerprint density at radius 2 is 1.60 bits per heavy atom. The third-order valence-electron chi connectivity index (χ3n) is 12.6. The second-order valence-electron chi connectivity index (χ2n) is 14.6. The highest BCUT2D eigenvalue weighted by Gasteiger charge is 2.68. The molecule has 5 aliphatic rings. The van der Waals surface area contributed by atoms with E-state index >= 15 is 0 Å². The van der Waals surface area contributed by atoms with Gasteiger partial charge in [0.1, 0.15) is 24.1 Å². The molecule has 10 heteroatoms. The molecule has 2 N–H and O–H groups in total. The molecule has 0 bridgehead atoms. The maximum Gasteiger partial charge on any atom is 0.192 e. The third kappa shape index (κ3) is 5.68. The molecule has 10 nitrogen and oxygen atoms in total. The van der Waals surface area contributed by atoms with Crippen molar-refractivity contribution in [2.45, 2.75) is 128 Å². The van der Waals surface area contributed by atoms with E-state index in [1.807, 2.05) is 20.8 Å². The van der Waals surface area contributed by atoms with Crippen molar-refractivity contribution in [2.75, 3.05) is 46.9 Å². The van der Waals surface area contributed by atoms with Crippen LogP contribution in [-0.4, -0.2) is 104 Å². The van der Waals surface area contributed by atoms with Crippen LogP contribution in [0.15, 0.2) is 12.2 Å². The van der Waals surface area contributed by atoms with E-state index in [-0.39, 0.29) is 43.2 Å². The zero-order valence-corrected chi connectivity index (χ0v) is 28.5. The van der Waals surface area contributed by atoms with Crippen LogP contribution in [0.25, 0.3) is 0 Å². The summed E-state index contributed by atoms with van der Waals surface area (Å²) in [6, 6.07) is 0. The zero-order chi connectivity index (χ0) is 32.7. The number of fused-ring (bicyclic) bond motifs is 5. The number of methoxy groups -OCH3 is 1. The predicted molar refractivity (Wildman–Crippen MR) is 166 cm³/mol. The summed E-state index contributed by atoms with van der Waals surface area (Å²) >= 11 is 0. The van der Waals surface area contributed by atoms with E-state index in [4.69, 9.17) is 33.2 Å². The zero-order valence-electron chi connectivity index (χ0n) is 28.5.